The molecule has 0 spiro atoms. The van der Waals surface area contributed by atoms with Crippen LogP contribution in [0.2, 0.25) is 5.15 Å². The van der Waals surface area contributed by atoms with Crippen molar-refractivity contribution in [2.45, 2.75) is 26.7 Å². The minimum absolute atomic E-state index is 0.0942. The van der Waals surface area contributed by atoms with Crippen LogP contribution in [0, 0.1) is 12.8 Å². The molecular formula is C12H17ClN4O. The van der Waals surface area contributed by atoms with Crippen molar-refractivity contribution in [3.63, 3.8) is 0 Å². The normalized spacial score (nSPS) is 19.3. The van der Waals surface area contributed by atoms with Crippen LogP contribution in [0.3, 0.4) is 0 Å². The first-order chi connectivity index (χ1) is 8.52. The molecule has 18 heavy (non-hydrogen) atoms. The maximum Gasteiger partial charge on any atom is 0.222 e. The number of hydrogen-bond donors (Lipinski definition) is 1. The molecule has 98 valence electrons. The van der Waals surface area contributed by atoms with Crippen molar-refractivity contribution in [3.05, 3.63) is 16.5 Å². The van der Waals surface area contributed by atoms with Gasteiger partial charge in [0.1, 0.15) is 16.8 Å². The average molecular weight is 269 g/mol. The van der Waals surface area contributed by atoms with E-state index >= 15 is 0 Å². The Morgan fingerprint density at radius 3 is 2.83 bits per heavy atom. The molecule has 5 nitrogen and oxygen atoms in total. The van der Waals surface area contributed by atoms with E-state index in [1.54, 1.807) is 0 Å². The van der Waals surface area contributed by atoms with Gasteiger partial charge in [-0.3, -0.25) is 4.79 Å². The number of aromatic nitrogens is 2. The number of carbonyl (C=O) groups is 1. The van der Waals surface area contributed by atoms with Crippen molar-refractivity contribution >= 4 is 23.3 Å². The number of nitrogens with zero attached hydrogens (tertiary/aromatic N) is 3. The topological polar surface area (TPSA) is 72.1 Å². The summed E-state index contributed by atoms with van der Waals surface area (Å²) in [4.78, 5) is 22.0. The molecular weight excluding hydrogens is 252 g/mol. The van der Waals surface area contributed by atoms with Gasteiger partial charge in [-0.2, -0.15) is 0 Å². The minimum Gasteiger partial charge on any atom is -0.369 e. The number of primary amides is 1. The third-order valence-corrected chi connectivity index (χ3v) is 3.68. The Morgan fingerprint density at radius 1 is 1.56 bits per heavy atom. The second-order valence-electron chi connectivity index (χ2n) is 4.57. The van der Waals surface area contributed by atoms with Crippen molar-refractivity contribution in [1.29, 1.82) is 0 Å². The molecule has 1 atom stereocenters. The van der Waals surface area contributed by atoms with Crippen LogP contribution in [0.15, 0.2) is 0 Å². The fourth-order valence-corrected chi connectivity index (χ4v) is 2.35. The first-order valence-corrected chi connectivity index (χ1v) is 6.48. The first kappa shape index (κ1) is 13.1. The Bertz CT molecular complexity index is 477. The summed E-state index contributed by atoms with van der Waals surface area (Å²) in [6, 6.07) is 0. The molecule has 1 aromatic rings. The molecule has 0 aliphatic carbocycles. The van der Waals surface area contributed by atoms with E-state index < -0.39 is 0 Å². The minimum atomic E-state index is -0.244. The Labute approximate surface area is 111 Å². The largest absolute Gasteiger partial charge is 0.369 e. The van der Waals surface area contributed by atoms with Gasteiger partial charge in [0.2, 0.25) is 5.91 Å². The highest BCUT2D eigenvalue weighted by Gasteiger charge is 2.29. The van der Waals surface area contributed by atoms with Crippen LogP contribution in [0.4, 0.5) is 5.82 Å². The van der Waals surface area contributed by atoms with Crippen molar-refractivity contribution in [2.24, 2.45) is 11.7 Å². The molecule has 2 rings (SSSR count). The Hall–Kier alpha value is -1.36. The molecule has 1 saturated heterocycles. The number of rotatable bonds is 3. The molecule has 2 N–H and O–H groups in total. The number of nitrogens with two attached hydrogens (primary N) is 1. The third-order valence-electron chi connectivity index (χ3n) is 3.31. The van der Waals surface area contributed by atoms with E-state index in [4.69, 9.17) is 17.3 Å². The van der Waals surface area contributed by atoms with E-state index in [2.05, 4.69) is 14.9 Å². The van der Waals surface area contributed by atoms with E-state index in [0.717, 1.165) is 36.6 Å². The van der Waals surface area contributed by atoms with Crippen LogP contribution in [0.1, 0.15) is 24.7 Å². The van der Waals surface area contributed by atoms with Gasteiger partial charge < -0.3 is 10.6 Å². The number of halogens is 1. The quantitative estimate of drug-likeness (QED) is 0.839. The smallest absolute Gasteiger partial charge is 0.222 e. The van der Waals surface area contributed by atoms with E-state index in [1.807, 2.05) is 13.8 Å². The summed E-state index contributed by atoms with van der Waals surface area (Å²) in [5.41, 5.74) is 6.20. The zero-order valence-corrected chi connectivity index (χ0v) is 11.4. The van der Waals surface area contributed by atoms with Crippen LogP contribution < -0.4 is 10.6 Å². The van der Waals surface area contributed by atoms with Gasteiger partial charge in [-0.1, -0.05) is 18.5 Å². The summed E-state index contributed by atoms with van der Waals surface area (Å²) in [6.07, 6.45) is 1.51. The van der Waals surface area contributed by atoms with Gasteiger partial charge >= 0.3 is 0 Å². The highest BCUT2D eigenvalue weighted by molar-refractivity contribution is 6.30. The number of hydrogen-bond acceptors (Lipinski definition) is 4. The van der Waals surface area contributed by atoms with Gasteiger partial charge in [0.15, 0.2) is 0 Å². The van der Waals surface area contributed by atoms with E-state index in [-0.39, 0.29) is 11.8 Å². The zero-order chi connectivity index (χ0) is 13.3. The van der Waals surface area contributed by atoms with Crippen molar-refractivity contribution in [1.82, 2.24) is 9.97 Å². The van der Waals surface area contributed by atoms with E-state index in [0.29, 0.717) is 11.7 Å². The fraction of sp³-hybridized carbons (Fsp3) is 0.583. The monoisotopic (exact) mass is 268 g/mol. The second-order valence-corrected chi connectivity index (χ2v) is 4.92. The highest BCUT2D eigenvalue weighted by Crippen LogP contribution is 2.28. The second kappa shape index (κ2) is 5.10. The third kappa shape index (κ3) is 2.41. The SMILES string of the molecule is CCc1nc(Cl)c(C)c(N2CCC(C(N)=O)C2)n1. The highest BCUT2D eigenvalue weighted by atomic mass is 35.5. The van der Waals surface area contributed by atoms with Gasteiger partial charge in [0, 0.05) is 25.1 Å². The van der Waals surface area contributed by atoms with Crippen molar-refractivity contribution in [2.75, 3.05) is 18.0 Å². The maximum atomic E-state index is 11.2. The molecule has 1 fully saturated rings. The summed E-state index contributed by atoms with van der Waals surface area (Å²) in [6.45, 7) is 5.29. The molecule has 0 radical (unpaired) electrons. The summed E-state index contributed by atoms with van der Waals surface area (Å²) in [5, 5.41) is 0.486. The molecule has 1 amide bonds. The maximum absolute atomic E-state index is 11.2. The standard InChI is InChI=1S/C12H17ClN4O/c1-3-9-15-10(13)7(2)12(16-9)17-5-4-8(6-17)11(14)18/h8H,3-6H2,1-2H3,(H2,14,18). The van der Waals surface area contributed by atoms with Crippen LogP contribution in [-0.2, 0) is 11.2 Å². The van der Waals surface area contributed by atoms with Gasteiger partial charge in [-0.05, 0) is 13.3 Å². The molecule has 0 saturated carbocycles. The summed E-state index contributed by atoms with van der Waals surface area (Å²) >= 11 is 6.11. The van der Waals surface area contributed by atoms with Crippen LogP contribution in [0.5, 0.6) is 0 Å². The van der Waals surface area contributed by atoms with Gasteiger partial charge in [-0.25, -0.2) is 9.97 Å². The molecule has 1 aromatic heterocycles. The Morgan fingerprint density at radius 2 is 2.28 bits per heavy atom. The lowest BCUT2D eigenvalue weighted by molar-refractivity contribution is -0.121. The number of carbonyl (C=O) groups excluding carboxylic acids is 1. The molecule has 0 aromatic carbocycles. The molecule has 1 unspecified atom stereocenters. The van der Waals surface area contributed by atoms with Crippen LogP contribution >= 0.6 is 11.6 Å². The Kier molecular flexibility index (Phi) is 3.71. The van der Waals surface area contributed by atoms with Crippen molar-refractivity contribution < 1.29 is 4.79 Å². The predicted octanol–water partition coefficient (Wildman–Crippen LogP) is 1.31. The Balaban J connectivity index is 2.29. The fourth-order valence-electron chi connectivity index (χ4n) is 2.17. The molecule has 1 aliphatic rings. The lowest BCUT2D eigenvalue weighted by Gasteiger charge is -2.20. The van der Waals surface area contributed by atoms with Gasteiger partial charge in [0.25, 0.3) is 0 Å². The first-order valence-electron chi connectivity index (χ1n) is 6.10. The van der Waals surface area contributed by atoms with Crippen molar-refractivity contribution in [3.8, 4) is 0 Å². The number of anilines is 1. The summed E-state index contributed by atoms with van der Waals surface area (Å²) in [5.74, 6) is 1.22. The zero-order valence-electron chi connectivity index (χ0n) is 10.6. The molecule has 0 bridgehead atoms. The summed E-state index contributed by atoms with van der Waals surface area (Å²) < 4.78 is 0. The molecule has 6 heteroatoms. The van der Waals surface area contributed by atoms with Crippen LogP contribution in [0.25, 0.3) is 0 Å². The lowest BCUT2D eigenvalue weighted by atomic mass is 10.1. The molecule has 2 heterocycles. The molecule has 1 aliphatic heterocycles. The average Bonchev–Trinajstić information content (AvgIpc) is 2.82. The van der Waals surface area contributed by atoms with Gasteiger partial charge in [0.05, 0.1) is 5.92 Å². The lowest BCUT2D eigenvalue weighted by Crippen LogP contribution is -2.28. The number of aryl methyl sites for hydroxylation is 1. The van der Waals surface area contributed by atoms with E-state index in [1.165, 1.54) is 0 Å². The summed E-state index contributed by atoms with van der Waals surface area (Å²) in [7, 11) is 0. The van der Waals surface area contributed by atoms with Crippen LogP contribution in [-0.4, -0.2) is 29.0 Å². The predicted molar refractivity (Wildman–Crippen MR) is 70.7 cm³/mol. The van der Waals surface area contributed by atoms with Gasteiger partial charge in [-0.15, -0.1) is 0 Å². The number of amides is 1. The van der Waals surface area contributed by atoms with E-state index in [9.17, 15) is 4.79 Å².